The van der Waals surface area contributed by atoms with Gasteiger partial charge in [0.05, 0.1) is 53.1 Å². The number of ether oxygens (including phenoxy) is 1. The van der Waals surface area contributed by atoms with Crippen molar-refractivity contribution in [1.29, 1.82) is 0 Å². The Morgan fingerprint density at radius 1 is 0.955 bits per heavy atom. The number of methoxy groups -OCH3 is 1. The van der Waals surface area contributed by atoms with E-state index in [2.05, 4.69) is 27.7 Å². The third kappa shape index (κ3) is 4.89. The van der Waals surface area contributed by atoms with Crippen molar-refractivity contribution in [3.05, 3.63) is 80.0 Å². The quantitative estimate of drug-likeness (QED) is 0.366. The molecule has 8 bridgehead atoms. The van der Waals surface area contributed by atoms with Crippen molar-refractivity contribution in [2.45, 2.75) is 80.3 Å². The van der Waals surface area contributed by atoms with Crippen LogP contribution in [0.2, 0.25) is 0 Å². The van der Waals surface area contributed by atoms with Crippen LogP contribution >= 0.6 is 0 Å². The van der Waals surface area contributed by atoms with Gasteiger partial charge in [0.15, 0.2) is 5.78 Å². The number of ketones is 1. The van der Waals surface area contributed by atoms with Crippen molar-refractivity contribution in [2.24, 2.45) is 37.7 Å². The number of hydrogen-bond donors (Lipinski definition) is 1. The van der Waals surface area contributed by atoms with Gasteiger partial charge in [-0.2, -0.15) is 0 Å². The van der Waals surface area contributed by atoms with Crippen molar-refractivity contribution in [2.75, 3.05) is 7.11 Å². The van der Waals surface area contributed by atoms with E-state index in [-0.39, 0.29) is 36.4 Å². The molecule has 0 spiro atoms. The summed E-state index contributed by atoms with van der Waals surface area (Å²) in [6.07, 6.45) is 7.14. The van der Waals surface area contributed by atoms with E-state index in [1.807, 2.05) is 32.1 Å². The first kappa shape index (κ1) is 30.0. The van der Waals surface area contributed by atoms with E-state index in [1.54, 1.807) is 6.92 Å². The van der Waals surface area contributed by atoms with Gasteiger partial charge in [0.2, 0.25) is 0 Å². The normalized spacial score (nSPS) is 25.0. The highest BCUT2D eigenvalue weighted by molar-refractivity contribution is 6.38. The first-order chi connectivity index (χ1) is 20.9. The molecule has 0 amide bonds. The molecular formula is C36H40N4O4. The molecule has 8 heteroatoms. The average molecular weight is 593 g/mol. The van der Waals surface area contributed by atoms with E-state index in [4.69, 9.17) is 24.7 Å². The van der Waals surface area contributed by atoms with Crippen LogP contribution in [0.4, 0.5) is 0 Å². The second-order valence-corrected chi connectivity index (χ2v) is 13.0. The lowest BCUT2D eigenvalue weighted by Gasteiger charge is -2.18. The number of aliphatic imine (C=N–C) groups is 4. The number of Topliss-reactive ketones (excluding diaryl/α,β-unsaturated/α-hetero) is 1. The van der Waals surface area contributed by atoms with Crippen molar-refractivity contribution < 1.29 is 19.4 Å². The van der Waals surface area contributed by atoms with Gasteiger partial charge in [-0.25, -0.2) is 15.0 Å². The van der Waals surface area contributed by atoms with Crippen LogP contribution in [0.5, 0.6) is 0 Å². The molecule has 0 aromatic rings. The average Bonchev–Trinajstić information content (AvgIpc) is 3.71. The predicted octanol–water partition coefficient (Wildman–Crippen LogP) is 6.28. The van der Waals surface area contributed by atoms with Gasteiger partial charge in [0.1, 0.15) is 0 Å². The van der Waals surface area contributed by atoms with E-state index in [9.17, 15) is 14.7 Å². The SMILES string of the molecule is COC(=O)CC[C@@H]1C2=C3CC(=O)C4=C(C)C(=CC5=NC(=CC6=NC(=CC(=N2)[C@H]1C)C(C)=C6[C@H](C)O)C(C)=C5CC(C)C)N=C34. The van der Waals surface area contributed by atoms with Crippen LogP contribution in [0, 0.1) is 17.8 Å². The standard InChI is InChI=1S/C36H40N4O4/c1-16(2)11-23-18(4)25-15-30-33(21(7)41)19(5)27(38-30)13-26-17(3)22(9-10-32(43)44-8)35(39-26)24-12-31(42)34-20(6)28(40-36(24)34)14-29(23)37-25/h13-17,21-22,41H,9-12H2,1-8H3/t17-,21-,22-/m0/s1. The molecule has 5 heterocycles. The van der Waals surface area contributed by atoms with Crippen molar-refractivity contribution in [3.63, 3.8) is 0 Å². The maximum absolute atomic E-state index is 13.5. The van der Waals surface area contributed by atoms with Crippen LogP contribution in [-0.2, 0) is 14.3 Å². The highest BCUT2D eigenvalue weighted by atomic mass is 16.5. The van der Waals surface area contributed by atoms with Crippen molar-refractivity contribution >= 4 is 34.6 Å². The Labute approximate surface area is 258 Å². The van der Waals surface area contributed by atoms with E-state index >= 15 is 0 Å². The maximum Gasteiger partial charge on any atom is 0.305 e. The zero-order valence-corrected chi connectivity index (χ0v) is 26.8. The Kier molecular flexibility index (Phi) is 7.60. The van der Waals surface area contributed by atoms with Gasteiger partial charge in [-0.05, 0) is 87.0 Å². The van der Waals surface area contributed by atoms with Gasteiger partial charge in [0, 0.05) is 47.1 Å². The van der Waals surface area contributed by atoms with Crippen LogP contribution in [-0.4, -0.2) is 52.9 Å². The zero-order chi connectivity index (χ0) is 31.6. The number of carbonyl (C=O) groups is 2. The summed E-state index contributed by atoms with van der Waals surface area (Å²) < 4.78 is 4.96. The summed E-state index contributed by atoms with van der Waals surface area (Å²) in [5.74, 6) is 0.0607. The molecule has 0 radical (unpaired) electrons. The van der Waals surface area contributed by atoms with Crippen LogP contribution in [0.15, 0.2) is 100.0 Å². The summed E-state index contributed by atoms with van der Waals surface area (Å²) >= 11 is 0. The Morgan fingerprint density at radius 2 is 1.61 bits per heavy atom. The first-order valence-corrected chi connectivity index (χ1v) is 15.5. The number of carbonyl (C=O) groups excluding carboxylic acids is 2. The van der Waals surface area contributed by atoms with Crippen molar-refractivity contribution in [1.82, 2.24) is 0 Å². The topological polar surface area (TPSA) is 113 Å². The molecule has 0 aromatic carbocycles. The summed E-state index contributed by atoms with van der Waals surface area (Å²) in [4.78, 5) is 46.0. The molecule has 0 aromatic heterocycles. The van der Waals surface area contributed by atoms with Gasteiger partial charge in [-0.3, -0.25) is 14.6 Å². The summed E-state index contributed by atoms with van der Waals surface area (Å²) in [5, 5.41) is 10.9. The molecule has 5 aliphatic heterocycles. The van der Waals surface area contributed by atoms with Crippen LogP contribution in [0.3, 0.4) is 0 Å². The van der Waals surface area contributed by atoms with Crippen molar-refractivity contribution in [3.8, 4) is 0 Å². The van der Waals surface area contributed by atoms with Crippen LogP contribution in [0.1, 0.15) is 74.1 Å². The fourth-order valence-electron chi connectivity index (χ4n) is 7.13. The lowest BCUT2D eigenvalue weighted by atomic mass is 9.84. The number of rotatable bonds is 6. The Morgan fingerprint density at radius 3 is 2.30 bits per heavy atom. The third-order valence-electron chi connectivity index (χ3n) is 9.55. The lowest BCUT2D eigenvalue weighted by Crippen LogP contribution is -2.17. The van der Waals surface area contributed by atoms with Gasteiger partial charge in [-0.1, -0.05) is 20.8 Å². The molecule has 1 fully saturated rings. The highest BCUT2D eigenvalue weighted by Gasteiger charge is 2.42. The van der Waals surface area contributed by atoms with E-state index < -0.39 is 6.10 Å². The number of hydrogen-bond acceptors (Lipinski definition) is 8. The lowest BCUT2D eigenvalue weighted by molar-refractivity contribution is -0.140. The van der Waals surface area contributed by atoms with E-state index in [1.165, 1.54) is 7.11 Å². The molecule has 6 rings (SSSR count). The van der Waals surface area contributed by atoms with Crippen LogP contribution < -0.4 is 0 Å². The molecule has 1 N–H and O–H groups in total. The monoisotopic (exact) mass is 592 g/mol. The number of nitrogens with zero attached hydrogens (tertiary/aromatic N) is 4. The molecule has 44 heavy (non-hydrogen) atoms. The minimum Gasteiger partial charge on any atom is -0.469 e. The molecule has 6 aliphatic rings. The molecule has 1 saturated carbocycles. The first-order valence-electron chi connectivity index (χ1n) is 15.5. The maximum atomic E-state index is 13.5. The number of allylic oxidation sites excluding steroid dienone is 10. The van der Waals surface area contributed by atoms with E-state index in [0.717, 1.165) is 74.1 Å². The molecule has 3 atom stereocenters. The van der Waals surface area contributed by atoms with Gasteiger partial charge >= 0.3 is 5.97 Å². The second-order valence-electron chi connectivity index (χ2n) is 13.0. The number of aliphatic hydroxyl groups is 1. The molecule has 228 valence electrons. The summed E-state index contributed by atoms with van der Waals surface area (Å²) in [6.45, 7) is 14.3. The molecule has 8 nitrogen and oxygen atoms in total. The van der Waals surface area contributed by atoms with Crippen LogP contribution in [0.25, 0.3) is 0 Å². The minimum absolute atomic E-state index is 0.0303. The Hall–Kier alpha value is -4.04. The summed E-state index contributed by atoms with van der Waals surface area (Å²) in [6, 6.07) is 0. The number of fused-ring (bicyclic) bond motifs is 4. The molecule has 0 saturated heterocycles. The zero-order valence-electron chi connectivity index (χ0n) is 26.8. The van der Waals surface area contributed by atoms with Gasteiger partial charge in [-0.15, -0.1) is 0 Å². The summed E-state index contributed by atoms with van der Waals surface area (Å²) in [5.41, 5.74) is 12.4. The molecular weight excluding hydrogens is 552 g/mol. The van der Waals surface area contributed by atoms with Gasteiger partial charge < -0.3 is 9.84 Å². The summed E-state index contributed by atoms with van der Waals surface area (Å²) in [7, 11) is 1.40. The fraction of sp³-hybridized carbons (Fsp3) is 0.444. The van der Waals surface area contributed by atoms with Gasteiger partial charge in [0.25, 0.3) is 0 Å². The second kappa shape index (κ2) is 11.1. The molecule has 0 unspecified atom stereocenters. The number of esters is 1. The number of aliphatic hydroxyl groups excluding tert-OH is 1. The fourth-order valence-corrected chi connectivity index (χ4v) is 7.13. The highest BCUT2D eigenvalue weighted by Crippen LogP contribution is 2.45. The predicted molar refractivity (Wildman–Crippen MR) is 174 cm³/mol. The van der Waals surface area contributed by atoms with E-state index in [0.29, 0.717) is 29.3 Å². The third-order valence-corrected chi connectivity index (χ3v) is 9.55. The Bertz CT molecular complexity index is 1760. The minimum atomic E-state index is -0.722. The Balaban J connectivity index is 1.62. The smallest absolute Gasteiger partial charge is 0.305 e. The molecule has 1 aliphatic carbocycles. The largest absolute Gasteiger partial charge is 0.469 e.